The molecule has 2 heterocycles. The summed E-state index contributed by atoms with van der Waals surface area (Å²) in [5, 5.41) is 6.09. The van der Waals surface area contributed by atoms with Gasteiger partial charge < -0.3 is 9.47 Å². The zero-order valence-electron chi connectivity index (χ0n) is 13.6. The average molecular weight is 379 g/mol. The average Bonchev–Trinajstić information content (AvgIpc) is 3.16. The zero-order chi connectivity index (χ0) is 18.0. The largest absolute Gasteiger partial charge is 0.466 e. The molecule has 0 saturated heterocycles. The van der Waals surface area contributed by atoms with Crippen LogP contribution in [0.25, 0.3) is 10.2 Å². The van der Waals surface area contributed by atoms with Crippen molar-refractivity contribution in [1.29, 1.82) is 0 Å². The summed E-state index contributed by atoms with van der Waals surface area (Å²) in [6.07, 6.45) is 0. The lowest BCUT2D eigenvalue weighted by atomic mass is 10.2. The maximum atomic E-state index is 12.1. The van der Waals surface area contributed by atoms with Crippen LogP contribution < -0.4 is 0 Å². The molecule has 6 nitrogen and oxygen atoms in total. The quantitative estimate of drug-likeness (QED) is 0.636. The van der Waals surface area contributed by atoms with Crippen molar-refractivity contribution in [3.05, 3.63) is 51.5 Å². The van der Waals surface area contributed by atoms with E-state index in [1.54, 1.807) is 6.07 Å². The van der Waals surface area contributed by atoms with Crippen LogP contribution in [0.4, 0.5) is 0 Å². The first-order valence-corrected chi connectivity index (χ1v) is 8.62. The molecule has 0 fully saturated rings. The second kappa shape index (κ2) is 7.25. The number of hydrogen-bond donors (Lipinski definition) is 0. The Labute approximate surface area is 152 Å². The third-order valence-corrected chi connectivity index (χ3v) is 4.98. The molecule has 0 bridgehead atoms. The molecule has 0 spiro atoms. The highest BCUT2D eigenvalue weighted by Gasteiger charge is 2.18. The number of methoxy groups -OCH3 is 1. The highest BCUT2D eigenvalue weighted by Crippen LogP contribution is 2.29. The Hall–Kier alpha value is -2.38. The minimum Gasteiger partial charge on any atom is -0.466 e. The van der Waals surface area contributed by atoms with E-state index >= 15 is 0 Å². The number of aryl methyl sites for hydroxylation is 1. The second-order valence-corrected chi connectivity index (χ2v) is 6.82. The summed E-state index contributed by atoms with van der Waals surface area (Å²) in [6, 6.07) is 9.26. The number of thiophene rings is 1. The molecule has 0 aliphatic carbocycles. The van der Waals surface area contributed by atoms with Gasteiger partial charge >= 0.3 is 11.9 Å². The van der Waals surface area contributed by atoms with Gasteiger partial charge in [-0.05, 0) is 30.7 Å². The van der Waals surface area contributed by atoms with Crippen molar-refractivity contribution in [2.24, 2.45) is 0 Å². The Balaban J connectivity index is 1.84. The number of carbonyl (C=O) groups excluding carboxylic acids is 2. The molecular weight excluding hydrogens is 364 g/mol. The summed E-state index contributed by atoms with van der Waals surface area (Å²) < 4.78 is 11.2. The van der Waals surface area contributed by atoms with Gasteiger partial charge in [0.1, 0.15) is 9.71 Å². The van der Waals surface area contributed by atoms with Crippen LogP contribution in [-0.2, 0) is 20.8 Å². The fourth-order valence-electron chi connectivity index (χ4n) is 2.34. The Morgan fingerprint density at radius 3 is 2.68 bits per heavy atom. The molecule has 0 N–H and O–H groups in total. The van der Waals surface area contributed by atoms with Crippen LogP contribution >= 0.6 is 22.9 Å². The summed E-state index contributed by atoms with van der Waals surface area (Å²) in [4.78, 5) is 24.5. The molecule has 0 aliphatic rings. The maximum Gasteiger partial charge on any atom is 0.348 e. The fraction of sp³-hybridized carbons (Fsp3) is 0.235. The van der Waals surface area contributed by atoms with Gasteiger partial charge in [-0.15, -0.1) is 11.3 Å². The molecule has 1 aromatic carbocycles. The molecule has 3 aromatic rings. The summed E-state index contributed by atoms with van der Waals surface area (Å²) >= 11 is 7.19. The molecule has 2 aromatic heterocycles. The normalized spacial score (nSPS) is 10.8. The van der Waals surface area contributed by atoms with Gasteiger partial charge in [-0.3, -0.25) is 4.68 Å². The monoisotopic (exact) mass is 378 g/mol. The van der Waals surface area contributed by atoms with E-state index in [1.165, 1.54) is 18.4 Å². The Bertz CT molecular complexity index is 930. The van der Waals surface area contributed by atoms with Crippen LogP contribution in [0.15, 0.2) is 30.3 Å². The molecule has 0 aliphatic heterocycles. The zero-order valence-corrected chi connectivity index (χ0v) is 15.2. The van der Waals surface area contributed by atoms with Gasteiger partial charge in [-0.1, -0.05) is 23.7 Å². The van der Waals surface area contributed by atoms with Crippen molar-refractivity contribution < 1.29 is 19.1 Å². The fourth-order valence-corrected chi connectivity index (χ4v) is 3.52. The lowest BCUT2D eigenvalue weighted by Gasteiger charge is -2.03. The smallest absolute Gasteiger partial charge is 0.348 e. The van der Waals surface area contributed by atoms with Crippen LogP contribution in [0, 0.1) is 6.92 Å². The van der Waals surface area contributed by atoms with Crippen molar-refractivity contribution in [3.8, 4) is 0 Å². The van der Waals surface area contributed by atoms with E-state index in [2.05, 4.69) is 9.84 Å². The van der Waals surface area contributed by atoms with Gasteiger partial charge in [-0.2, -0.15) is 5.10 Å². The highest BCUT2D eigenvalue weighted by atomic mass is 35.5. The predicted molar refractivity (Wildman–Crippen MR) is 95.2 cm³/mol. The Morgan fingerprint density at radius 1 is 1.28 bits per heavy atom. The first kappa shape index (κ1) is 17.4. The van der Waals surface area contributed by atoms with E-state index in [4.69, 9.17) is 16.3 Å². The molecular formula is C17H15ClN2O4S. The summed E-state index contributed by atoms with van der Waals surface area (Å²) in [5.74, 6) is -1.15. The molecule has 130 valence electrons. The van der Waals surface area contributed by atoms with E-state index in [1.807, 2.05) is 35.9 Å². The van der Waals surface area contributed by atoms with Gasteiger partial charge in [0.05, 0.1) is 19.3 Å². The number of benzene rings is 1. The Morgan fingerprint density at radius 2 is 2.00 bits per heavy atom. The Kier molecular flexibility index (Phi) is 5.06. The first-order valence-electron chi connectivity index (χ1n) is 7.43. The number of ether oxygens (including phenoxy) is 2. The van der Waals surface area contributed by atoms with Crippen molar-refractivity contribution in [2.45, 2.75) is 13.5 Å². The molecule has 0 amide bonds. The number of halogens is 1. The minimum atomic E-state index is -0.598. The maximum absolute atomic E-state index is 12.1. The van der Waals surface area contributed by atoms with Gasteiger partial charge in [0.25, 0.3) is 0 Å². The SMILES string of the molecule is COC(=O)COC(=O)c1cc2c(C)nn(Cc3ccc(Cl)cc3)c2s1. The molecule has 0 saturated carbocycles. The van der Waals surface area contributed by atoms with E-state index in [9.17, 15) is 9.59 Å². The van der Waals surface area contributed by atoms with Crippen molar-refractivity contribution >= 4 is 45.1 Å². The number of esters is 2. The van der Waals surface area contributed by atoms with Gasteiger partial charge in [-0.25, -0.2) is 9.59 Å². The number of hydrogen-bond acceptors (Lipinski definition) is 6. The molecule has 25 heavy (non-hydrogen) atoms. The van der Waals surface area contributed by atoms with E-state index in [-0.39, 0.29) is 0 Å². The van der Waals surface area contributed by atoms with Crippen LogP contribution in [-0.4, -0.2) is 35.4 Å². The lowest BCUT2D eigenvalue weighted by Crippen LogP contribution is -2.14. The standard InChI is InChI=1S/C17H15ClN2O4S/c1-10-13-7-14(17(22)24-9-15(21)23-2)25-16(13)20(19-10)8-11-3-5-12(18)6-4-11/h3-7H,8-9H2,1-2H3. The van der Waals surface area contributed by atoms with Gasteiger partial charge in [0, 0.05) is 10.4 Å². The highest BCUT2D eigenvalue weighted by molar-refractivity contribution is 7.20. The van der Waals surface area contributed by atoms with E-state index < -0.39 is 18.5 Å². The third kappa shape index (κ3) is 3.83. The number of aromatic nitrogens is 2. The predicted octanol–water partition coefficient (Wildman–Crippen LogP) is 3.44. The number of fused-ring (bicyclic) bond motifs is 1. The van der Waals surface area contributed by atoms with Crippen LogP contribution in [0.1, 0.15) is 20.9 Å². The van der Waals surface area contributed by atoms with Gasteiger partial charge in [0.2, 0.25) is 0 Å². The van der Waals surface area contributed by atoms with Crippen molar-refractivity contribution in [1.82, 2.24) is 9.78 Å². The molecule has 8 heteroatoms. The topological polar surface area (TPSA) is 70.4 Å². The van der Waals surface area contributed by atoms with Crippen LogP contribution in [0.2, 0.25) is 5.02 Å². The molecule has 0 unspecified atom stereocenters. The second-order valence-electron chi connectivity index (χ2n) is 5.35. The van der Waals surface area contributed by atoms with Crippen molar-refractivity contribution in [2.75, 3.05) is 13.7 Å². The van der Waals surface area contributed by atoms with E-state index in [0.29, 0.717) is 16.4 Å². The first-order chi connectivity index (χ1) is 12.0. The van der Waals surface area contributed by atoms with Crippen molar-refractivity contribution in [3.63, 3.8) is 0 Å². The lowest BCUT2D eigenvalue weighted by molar-refractivity contribution is -0.144. The number of carbonyl (C=O) groups is 2. The van der Waals surface area contributed by atoms with E-state index in [0.717, 1.165) is 21.5 Å². The minimum absolute atomic E-state index is 0.403. The van der Waals surface area contributed by atoms with Crippen LogP contribution in [0.3, 0.4) is 0 Å². The molecule has 3 rings (SSSR count). The number of rotatable bonds is 5. The third-order valence-electron chi connectivity index (χ3n) is 3.60. The van der Waals surface area contributed by atoms with Gasteiger partial charge in [0.15, 0.2) is 6.61 Å². The summed E-state index contributed by atoms with van der Waals surface area (Å²) in [7, 11) is 1.24. The number of nitrogens with zero attached hydrogens (tertiary/aromatic N) is 2. The summed E-state index contributed by atoms with van der Waals surface area (Å²) in [5.41, 5.74) is 1.88. The van der Waals surface area contributed by atoms with Crippen LogP contribution in [0.5, 0.6) is 0 Å². The molecule has 0 atom stereocenters. The summed E-state index contributed by atoms with van der Waals surface area (Å²) in [6.45, 7) is 2.05. The molecule has 0 radical (unpaired) electrons.